The Balaban J connectivity index is 2.19. The van der Waals surface area contributed by atoms with Gasteiger partial charge in [0.25, 0.3) is 0 Å². The van der Waals surface area contributed by atoms with E-state index >= 15 is 0 Å². The van der Waals surface area contributed by atoms with Gasteiger partial charge in [-0.2, -0.15) is 0 Å². The van der Waals surface area contributed by atoms with Gasteiger partial charge < -0.3 is 15.5 Å². The molecule has 0 aromatic heterocycles. The average molecular weight is 345 g/mol. The topological polar surface area (TPSA) is 56.7 Å². The van der Waals surface area contributed by atoms with Gasteiger partial charge in [0.05, 0.1) is 6.54 Å². The lowest BCUT2D eigenvalue weighted by Gasteiger charge is -2.21. The van der Waals surface area contributed by atoms with Crippen LogP contribution in [0.15, 0.2) is 48.0 Å². The summed E-state index contributed by atoms with van der Waals surface area (Å²) >= 11 is 0. The first-order chi connectivity index (χ1) is 12.2. The van der Waals surface area contributed by atoms with Crippen molar-refractivity contribution in [2.45, 2.75) is 32.1 Å². The minimum atomic E-state index is -0.0172. The van der Waals surface area contributed by atoms with Crippen molar-refractivity contribution in [2.24, 2.45) is 4.99 Å². The van der Waals surface area contributed by atoms with Crippen LogP contribution in [0.25, 0.3) is 0 Å². The first-order valence-electron chi connectivity index (χ1n) is 9.00. The van der Waals surface area contributed by atoms with Gasteiger partial charge in [-0.1, -0.05) is 42.8 Å². The maximum Gasteiger partial charge on any atom is 0.239 e. The monoisotopic (exact) mass is 344 g/mol. The normalized spacial score (nSPS) is 11.0. The number of unbranched alkanes of at least 4 members (excludes halogenated alkanes) is 3. The van der Waals surface area contributed by atoms with E-state index in [1.165, 1.54) is 18.4 Å². The Kier molecular flexibility index (Phi) is 10.8. The highest BCUT2D eigenvalue weighted by atomic mass is 16.1. The molecule has 0 aliphatic carbocycles. The van der Waals surface area contributed by atoms with Crippen molar-refractivity contribution in [1.82, 2.24) is 15.5 Å². The van der Waals surface area contributed by atoms with Gasteiger partial charge in [0.1, 0.15) is 0 Å². The van der Waals surface area contributed by atoms with E-state index in [0.29, 0.717) is 6.54 Å². The molecule has 0 heterocycles. The third-order valence-corrected chi connectivity index (χ3v) is 3.96. The van der Waals surface area contributed by atoms with Crippen molar-refractivity contribution in [2.75, 3.05) is 33.7 Å². The fourth-order valence-electron chi connectivity index (χ4n) is 2.52. The number of hydrogen-bond acceptors (Lipinski definition) is 2. The average Bonchev–Trinajstić information content (AvgIpc) is 2.63. The fourth-order valence-corrected chi connectivity index (χ4v) is 2.52. The van der Waals surface area contributed by atoms with Gasteiger partial charge in [-0.25, -0.2) is 0 Å². The standard InChI is InChI=1S/C20H32N4O/c1-4-5-6-7-11-16-24(3)20(21-2)23-17-19(25)22-15-14-18-12-9-8-10-13-18/h4,8-10,12-13H,1,5-7,11,14-17H2,2-3H3,(H,21,23)(H,22,25). The second-order valence-electron chi connectivity index (χ2n) is 6.05. The molecule has 2 N–H and O–H groups in total. The van der Waals surface area contributed by atoms with E-state index in [4.69, 9.17) is 0 Å². The van der Waals surface area contributed by atoms with Gasteiger partial charge in [-0.3, -0.25) is 9.79 Å². The van der Waals surface area contributed by atoms with Crippen LogP contribution in [-0.2, 0) is 11.2 Å². The Morgan fingerprint density at radius 2 is 1.96 bits per heavy atom. The molecular formula is C20H32N4O. The van der Waals surface area contributed by atoms with Crippen LogP contribution in [0.1, 0.15) is 31.2 Å². The number of guanidine groups is 1. The van der Waals surface area contributed by atoms with E-state index in [1.54, 1.807) is 7.05 Å². The molecule has 0 spiro atoms. The van der Waals surface area contributed by atoms with Crippen molar-refractivity contribution < 1.29 is 4.79 Å². The Morgan fingerprint density at radius 3 is 2.64 bits per heavy atom. The number of aliphatic imine (C=N–C) groups is 1. The Morgan fingerprint density at radius 1 is 1.20 bits per heavy atom. The fraction of sp³-hybridized carbons (Fsp3) is 0.500. The van der Waals surface area contributed by atoms with Crippen LogP contribution in [0.4, 0.5) is 0 Å². The van der Waals surface area contributed by atoms with Crippen LogP contribution in [-0.4, -0.2) is 50.5 Å². The quantitative estimate of drug-likeness (QED) is 0.281. The second kappa shape index (κ2) is 13.0. The number of allylic oxidation sites excluding steroid dienone is 1. The molecule has 1 amide bonds. The lowest BCUT2D eigenvalue weighted by atomic mass is 10.1. The third kappa shape index (κ3) is 9.55. The maximum atomic E-state index is 12.0. The summed E-state index contributed by atoms with van der Waals surface area (Å²) in [5.74, 6) is 0.735. The van der Waals surface area contributed by atoms with Crippen LogP contribution in [0.3, 0.4) is 0 Å². The highest BCUT2D eigenvalue weighted by Gasteiger charge is 2.07. The number of carbonyl (C=O) groups excluding carboxylic acids is 1. The van der Waals surface area contributed by atoms with Gasteiger partial charge in [0.2, 0.25) is 5.91 Å². The Bertz CT molecular complexity index is 528. The van der Waals surface area contributed by atoms with Gasteiger partial charge in [0, 0.05) is 27.2 Å². The van der Waals surface area contributed by atoms with Gasteiger partial charge in [0.15, 0.2) is 5.96 Å². The smallest absolute Gasteiger partial charge is 0.239 e. The van der Waals surface area contributed by atoms with Gasteiger partial charge in [-0.05, 0) is 31.2 Å². The molecule has 0 saturated carbocycles. The Labute approximate surface area is 152 Å². The molecule has 0 aliphatic heterocycles. The number of carbonyl (C=O) groups is 1. The van der Waals surface area contributed by atoms with E-state index in [9.17, 15) is 4.79 Å². The molecule has 1 aromatic rings. The minimum Gasteiger partial charge on any atom is -0.354 e. The highest BCUT2D eigenvalue weighted by Crippen LogP contribution is 2.01. The summed E-state index contributed by atoms with van der Waals surface area (Å²) in [4.78, 5) is 18.3. The molecule has 138 valence electrons. The van der Waals surface area contributed by atoms with Gasteiger partial charge >= 0.3 is 0 Å². The largest absolute Gasteiger partial charge is 0.354 e. The summed E-state index contributed by atoms with van der Waals surface area (Å²) in [6, 6.07) is 10.1. The van der Waals surface area contributed by atoms with Crippen molar-refractivity contribution >= 4 is 11.9 Å². The Hall–Kier alpha value is -2.30. The number of nitrogens with zero attached hydrogens (tertiary/aromatic N) is 2. The van der Waals surface area contributed by atoms with Crippen LogP contribution in [0, 0.1) is 0 Å². The van der Waals surface area contributed by atoms with E-state index in [2.05, 4.69) is 39.2 Å². The van der Waals surface area contributed by atoms with Crippen molar-refractivity contribution in [3.8, 4) is 0 Å². The van der Waals surface area contributed by atoms with Gasteiger partial charge in [-0.15, -0.1) is 6.58 Å². The molecule has 0 radical (unpaired) electrons. The lowest BCUT2D eigenvalue weighted by molar-refractivity contribution is -0.120. The molecule has 0 unspecified atom stereocenters. The molecule has 0 fully saturated rings. The van der Waals surface area contributed by atoms with Crippen LogP contribution in [0.5, 0.6) is 0 Å². The molecule has 5 nitrogen and oxygen atoms in total. The molecule has 0 saturated heterocycles. The van der Waals surface area contributed by atoms with Crippen LogP contribution in [0.2, 0.25) is 0 Å². The molecule has 1 rings (SSSR count). The molecule has 0 bridgehead atoms. The van der Waals surface area contributed by atoms with E-state index in [-0.39, 0.29) is 12.5 Å². The number of hydrogen-bond donors (Lipinski definition) is 2. The van der Waals surface area contributed by atoms with Crippen molar-refractivity contribution in [3.63, 3.8) is 0 Å². The first kappa shape index (κ1) is 20.7. The number of rotatable bonds is 11. The molecule has 25 heavy (non-hydrogen) atoms. The molecule has 1 aromatic carbocycles. The predicted octanol–water partition coefficient (Wildman–Crippen LogP) is 2.60. The summed E-state index contributed by atoms with van der Waals surface area (Å²) in [5, 5.41) is 6.05. The molecule has 5 heteroatoms. The zero-order chi connectivity index (χ0) is 18.3. The number of amides is 1. The van der Waals surface area contributed by atoms with Crippen molar-refractivity contribution in [3.05, 3.63) is 48.6 Å². The summed E-state index contributed by atoms with van der Waals surface area (Å²) in [5.41, 5.74) is 1.22. The van der Waals surface area contributed by atoms with Crippen molar-refractivity contribution in [1.29, 1.82) is 0 Å². The maximum absolute atomic E-state index is 12.0. The molecule has 0 atom stereocenters. The zero-order valence-electron chi connectivity index (χ0n) is 15.6. The lowest BCUT2D eigenvalue weighted by Crippen LogP contribution is -2.44. The summed E-state index contributed by atoms with van der Waals surface area (Å²) in [7, 11) is 3.74. The second-order valence-corrected chi connectivity index (χ2v) is 6.05. The predicted molar refractivity (Wildman–Crippen MR) is 106 cm³/mol. The number of nitrogens with one attached hydrogen (secondary N) is 2. The minimum absolute atomic E-state index is 0.0172. The highest BCUT2D eigenvalue weighted by molar-refractivity contribution is 5.86. The first-order valence-corrected chi connectivity index (χ1v) is 9.00. The summed E-state index contributed by atoms with van der Waals surface area (Å²) < 4.78 is 0. The third-order valence-electron chi connectivity index (χ3n) is 3.96. The van der Waals surface area contributed by atoms with E-state index in [1.807, 2.05) is 31.3 Å². The van der Waals surface area contributed by atoms with E-state index < -0.39 is 0 Å². The summed E-state index contributed by atoms with van der Waals surface area (Å²) in [6.45, 7) is 5.54. The molecular weight excluding hydrogens is 312 g/mol. The van der Waals surface area contributed by atoms with Crippen LogP contribution >= 0.6 is 0 Å². The van der Waals surface area contributed by atoms with Crippen LogP contribution < -0.4 is 10.6 Å². The zero-order valence-corrected chi connectivity index (χ0v) is 15.6. The number of benzene rings is 1. The molecule has 0 aliphatic rings. The summed E-state index contributed by atoms with van der Waals surface area (Å²) in [6.07, 6.45) is 7.32. The SMILES string of the molecule is C=CCCCCCN(C)C(=NC)NCC(=O)NCCc1ccccc1. The van der Waals surface area contributed by atoms with E-state index in [0.717, 1.165) is 31.8 Å².